The molecule has 3 aliphatic carbocycles. The van der Waals surface area contributed by atoms with Crippen molar-refractivity contribution in [1.29, 1.82) is 0 Å². The van der Waals surface area contributed by atoms with Crippen LogP contribution in [0.25, 0.3) is 0 Å². The summed E-state index contributed by atoms with van der Waals surface area (Å²) in [7, 11) is 0. The molecule has 2 unspecified atom stereocenters. The summed E-state index contributed by atoms with van der Waals surface area (Å²) < 4.78 is 13.0. The first-order valence-corrected chi connectivity index (χ1v) is 9.64. The second-order valence-electron chi connectivity index (χ2n) is 10.3. The van der Waals surface area contributed by atoms with Gasteiger partial charge in [-0.2, -0.15) is 0 Å². The van der Waals surface area contributed by atoms with Gasteiger partial charge in [-0.15, -0.1) is 0 Å². The van der Waals surface area contributed by atoms with Crippen LogP contribution in [0, 0.1) is 28.6 Å². The Balaban J connectivity index is 1.54. The summed E-state index contributed by atoms with van der Waals surface area (Å²) in [5.41, 5.74) is 1.22. The number of hydrogen-bond acceptors (Lipinski definition) is 2. The maximum Gasteiger partial charge on any atom is 0.117 e. The Hall–Kier alpha value is -0.0800. The molecule has 124 valence electrons. The molecule has 2 heterocycles. The van der Waals surface area contributed by atoms with Crippen LogP contribution in [-0.2, 0) is 9.47 Å². The lowest BCUT2D eigenvalue weighted by atomic mass is 9.43. The highest BCUT2D eigenvalue weighted by molar-refractivity contribution is 5.33. The molecule has 5 aliphatic rings. The summed E-state index contributed by atoms with van der Waals surface area (Å²) in [5, 5.41) is 0. The van der Waals surface area contributed by atoms with E-state index in [1.165, 1.54) is 38.5 Å². The Morgan fingerprint density at radius 2 is 1.73 bits per heavy atom. The van der Waals surface area contributed by atoms with E-state index in [1.54, 1.807) is 0 Å². The molecule has 2 aliphatic heterocycles. The minimum absolute atomic E-state index is 0.169. The highest BCUT2D eigenvalue weighted by Gasteiger charge is 2.86. The number of epoxide rings is 2. The topological polar surface area (TPSA) is 25.1 Å². The molecule has 0 aromatic heterocycles. The van der Waals surface area contributed by atoms with E-state index in [2.05, 4.69) is 34.6 Å². The molecule has 3 saturated carbocycles. The molecule has 1 spiro atoms. The van der Waals surface area contributed by atoms with E-state index in [0.29, 0.717) is 29.0 Å². The van der Waals surface area contributed by atoms with Gasteiger partial charge in [0.1, 0.15) is 23.4 Å². The second kappa shape index (κ2) is 3.77. The van der Waals surface area contributed by atoms with Crippen molar-refractivity contribution in [2.75, 3.05) is 0 Å². The lowest BCUT2D eigenvalue weighted by molar-refractivity contribution is -0.118. The van der Waals surface area contributed by atoms with Gasteiger partial charge in [0, 0.05) is 5.41 Å². The molecule has 0 aromatic rings. The molecule has 0 aromatic carbocycles. The Morgan fingerprint density at radius 1 is 0.955 bits per heavy atom. The zero-order valence-electron chi connectivity index (χ0n) is 14.9. The standard InChI is InChI=1S/C20H32O2/c1-12(2)19-11-13-7-8-14-17(3,4)9-6-10-18(14,5)20(13)16(22-20)15(19)21-19/h12-16H,6-11H2,1-5H3/t13-,14-,15?,16?,18-,19+,20-/m0/s1. The van der Waals surface area contributed by atoms with E-state index >= 15 is 0 Å². The SMILES string of the molecule is CC(C)[C@]12C[C@@H]3CC[C@H]4C(C)(C)CCC[C@]4(C)[C@]34OC4C1O2. The minimum atomic E-state index is 0.169. The van der Waals surface area contributed by atoms with Gasteiger partial charge in [-0.1, -0.05) is 41.0 Å². The molecule has 5 rings (SSSR count). The van der Waals surface area contributed by atoms with E-state index in [9.17, 15) is 0 Å². The molecule has 5 fully saturated rings. The molecular weight excluding hydrogens is 272 g/mol. The van der Waals surface area contributed by atoms with Crippen LogP contribution in [0.2, 0.25) is 0 Å². The average molecular weight is 304 g/mol. The second-order valence-corrected chi connectivity index (χ2v) is 10.3. The third kappa shape index (κ3) is 1.34. The zero-order chi connectivity index (χ0) is 15.5. The van der Waals surface area contributed by atoms with Crippen molar-refractivity contribution in [2.45, 2.75) is 96.6 Å². The highest BCUT2D eigenvalue weighted by atomic mass is 16.7. The molecular formula is C20H32O2. The van der Waals surface area contributed by atoms with E-state index in [4.69, 9.17) is 9.47 Å². The van der Waals surface area contributed by atoms with E-state index < -0.39 is 0 Å². The molecule has 0 radical (unpaired) electrons. The van der Waals surface area contributed by atoms with Crippen molar-refractivity contribution in [3.8, 4) is 0 Å². The van der Waals surface area contributed by atoms with Gasteiger partial charge in [0.2, 0.25) is 0 Å². The Kier molecular flexibility index (Phi) is 2.45. The average Bonchev–Trinajstić information content (AvgIpc) is 3.28. The van der Waals surface area contributed by atoms with E-state index in [0.717, 1.165) is 11.8 Å². The summed E-state index contributed by atoms with van der Waals surface area (Å²) >= 11 is 0. The van der Waals surface area contributed by atoms with Gasteiger partial charge < -0.3 is 9.47 Å². The van der Waals surface area contributed by atoms with Gasteiger partial charge in [-0.25, -0.2) is 0 Å². The van der Waals surface area contributed by atoms with Crippen LogP contribution in [0.3, 0.4) is 0 Å². The number of ether oxygens (including phenoxy) is 2. The van der Waals surface area contributed by atoms with Crippen LogP contribution in [0.1, 0.15) is 73.1 Å². The third-order valence-electron chi connectivity index (χ3n) is 8.81. The smallest absolute Gasteiger partial charge is 0.117 e. The summed E-state index contributed by atoms with van der Waals surface area (Å²) in [6.45, 7) is 12.3. The molecule has 0 N–H and O–H groups in total. The van der Waals surface area contributed by atoms with Crippen molar-refractivity contribution in [3.05, 3.63) is 0 Å². The normalized spacial score (nSPS) is 60.8. The largest absolute Gasteiger partial charge is 0.363 e. The van der Waals surface area contributed by atoms with Crippen molar-refractivity contribution in [1.82, 2.24) is 0 Å². The monoisotopic (exact) mass is 304 g/mol. The first-order chi connectivity index (χ1) is 10.3. The fourth-order valence-electron chi connectivity index (χ4n) is 7.62. The number of hydrogen-bond donors (Lipinski definition) is 0. The van der Waals surface area contributed by atoms with Gasteiger partial charge in [0.15, 0.2) is 0 Å². The van der Waals surface area contributed by atoms with E-state index in [1.807, 2.05) is 0 Å². The van der Waals surface area contributed by atoms with Gasteiger partial charge in [-0.3, -0.25) is 0 Å². The van der Waals surface area contributed by atoms with Gasteiger partial charge in [0.05, 0.1) is 0 Å². The van der Waals surface area contributed by atoms with Crippen LogP contribution in [0.4, 0.5) is 0 Å². The van der Waals surface area contributed by atoms with Crippen LogP contribution in [-0.4, -0.2) is 23.4 Å². The van der Waals surface area contributed by atoms with E-state index in [-0.39, 0.29) is 11.2 Å². The molecule has 22 heavy (non-hydrogen) atoms. The highest BCUT2D eigenvalue weighted by Crippen LogP contribution is 2.77. The van der Waals surface area contributed by atoms with Gasteiger partial charge in [-0.05, 0) is 55.3 Å². The molecule has 2 heteroatoms. The third-order valence-corrected chi connectivity index (χ3v) is 8.81. The summed E-state index contributed by atoms with van der Waals surface area (Å²) in [6, 6.07) is 0. The lowest BCUT2D eigenvalue weighted by Crippen LogP contribution is -2.60. The molecule has 0 bridgehead atoms. The Bertz CT molecular complexity index is 526. The fourth-order valence-corrected chi connectivity index (χ4v) is 7.62. The van der Waals surface area contributed by atoms with Crippen LogP contribution >= 0.6 is 0 Å². The Morgan fingerprint density at radius 3 is 2.45 bits per heavy atom. The Labute approximate surface area is 135 Å². The summed E-state index contributed by atoms with van der Waals surface area (Å²) in [5.74, 6) is 2.21. The van der Waals surface area contributed by atoms with Crippen LogP contribution < -0.4 is 0 Å². The quantitative estimate of drug-likeness (QED) is 0.663. The number of rotatable bonds is 1. The fraction of sp³-hybridized carbons (Fsp3) is 1.00. The zero-order valence-corrected chi connectivity index (χ0v) is 14.9. The predicted octanol–water partition coefficient (Wildman–Crippen LogP) is 4.56. The van der Waals surface area contributed by atoms with Crippen molar-refractivity contribution >= 4 is 0 Å². The van der Waals surface area contributed by atoms with Gasteiger partial charge >= 0.3 is 0 Å². The maximum absolute atomic E-state index is 6.64. The van der Waals surface area contributed by atoms with Crippen molar-refractivity contribution in [3.63, 3.8) is 0 Å². The summed E-state index contributed by atoms with van der Waals surface area (Å²) in [6.07, 6.45) is 9.00. The summed E-state index contributed by atoms with van der Waals surface area (Å²) in [4.78, 5) is 0. The lowest BCUT2D eigenvalue weighted by Gasteiger charge is -2.59. The first-order valence-electron chi connectivity index (χ1n) is 9.64. The van der Waals surface area contributed by atoms with Crippen molar-refractivity contribution in [2.24, 2.45) is 28.6 Å². The molecule has 2 nitrogen and oxygen atoms in total. The minimum Gasteiger partial charge on any atom is -0.363 e. The van der Waals surface area contributed by atoms with Crippen molar-refractivity contribution < 1.29 is 9.47 Å². The maximum atomic E-state index is 6.64. The predicted molar refractivity (Wildman–Crippen MR) is 86.6 cm³/mol. The molecule has 7 atom stereocenters. The first kappa shape index (κ1) is 14.3. The van der Waals surface area contributed by atoms with Crippen LogP contribution in [0.5, 0.6) is 0 Å². The number of fused-ring (bicyclic) bond motifs is 3. The molecule has 2 saturated heterocycles. The van der Waals surface area contributed by atoms with Crippen LogP contribution in [0.15, 0.2) is 0 Å². The van der Waals surface area contributed by atoms with Gasteiger partial charge in [0.25, 0.3) is 0 Å². The molecule has 0 amide bonds.